The summed E-state index contributed by atoms with van der Waals surface area (Å²) in [6.45, 7) is -0.114. The Morgan fingerprint density at radius 3 is 2.79 bits per heavy atom. The number of hydrogen-bond acceptors (Lipinski definition) is 3. The van der Waals surface area contributed by atoms with Crippen molar-refractivity contribution >= 4 is 15.9 Å². The van der Waals surface area contributed by atoms with Gasteiger partial charge >= 0.3 is 0 Å². The second-order valence-corrected chi connectivity index (χ2v) is 4.55. The smallest absolute Gasteiger partial charge is 0.181 e. The Morgan fingerprint density at radius 2 is 2.11 bits per heavy atom. The van der Waals surface area contributed by atoms with E-state index in [0.29, 0.717) is 11.3 Å². The Balaban J connectivity index is 2.34. The summed E-state index contributed by atoms with van der Waals surface area (Å²) in [4.78, 5) is 0. The van der Waals surface area contributed by atoms with Crippen molar-refractivity contribution in [2.75, 3.05) is 0 Å². The maximum atomic E-state index is 13.9. The summed E-state index contributed by atoms with van der Waals surface area (Å²) in [6.07, 6.45) is 0. The summed E-state index contributed by atoms with van der Waals surface area (Å²) in [5.74, 6) is -0.198. The minimum Gasteiger partial charge on any atom is -0.454 e. The first-order valence-corrected chi connectivity index (χ1v) is 6.20. The van der Waals surface area contributed by atoms with Gasteiger partial charge in [-0.05, 0) is 45.8 Å². The van der Waals surface area contributed by atoms with E-state index in [4.69, 9.17) is 15.1 Å². The SMILES string of the molecule is N#Cc1ccc(Oc2cccc(CO)c2)c(F)c1Br. The fourth-order valence-corrected chi connectivity index (χ4v) is 1.95. The molecule has 0 atom stereocenters. The van der Waals surface area contributed by atoms with E-state index in [0.717, 1.165) is 0 Å². The summed E-state index contributed by atoms with van der Waals surface area (Å²) in [5, 5.41) is 17.8. The second kappa shape index (κ2) is 5.83. The van der Waals surface area contributed by atoms with Gasteiger partial charge in [-0.3, -0.25) is 0 Å². The highest BCUT2D eigenvalue weighted by atomic mass is 79.9. The van der Waals surface area contributed by atoms with Gasteiger partial charge in [-0.15, -0.1) is 0 Å². The summed E-state index contributed by atoms with van der Waals surface area (Å²) in [6, 6.07) is 11.4. The van der Waals surface area contributed by atoms with Gasteiger partial charge < -0.3 is 9.84 Å². The molecule has 1 N–H and O–H groups in total. The molecular formula is C14H9BrFNO2. The molecular weight excluding hydrogens is 313 g/mol. The molecule has 0 amide bonds. The molecule has 0 aliphatic carbocycles. The maximum Gasteiger partial charge on any atom is 0.181 e. The van der Waals surface area contributed by atoms with Crippen LogP contribution < -0.4 is 4.74 Å². The van der Waals surface area contributed by atoms with Crippen molar-refractivity contribution < 1.29 is 14.2 Å². The molecule has 0 saturated carbocycles. The molecule has 2 rings (SSSR count). The lowest BCUT2D eigenvalue weighted by Gasteiger charge is -2.09. The zero-order valence-corrected chi connectivity index (χ0v) is 11.3. The lowest BCUT2D eigenvalue weighted by molar-refractivity contribution is 0.281. The number of nitriles is 1. The third kappa shape index (κ3) is 2.92. The standard InChI is InChI=1S/C14H9BrFNO2/c15-13-10(7-17)4-5-12(14(13)16)19-11-3-1-2-9(6-11)8-18/h1-6,18H,8H2. The zero-order valence-electron chi connectivity index (χ0n) is 9.73. The number of aliphatic hydroxyl groups excluding tert-OH is 1. The van der Waals surface area contributed by atoms with Crippen LogP contribution in [0.25, 0.3) is 0 Å². The first-order valence-electron chi connectivity index (χ1n) is 5.41. The van der Waals surface area contributed by atoms with E-state index in [1.165, 1.54) is 12.1 Å². The molecule has 0 radical (unpaired) electrons. The van der Waals surface area contributed by atoms with E-state index in [9.17, 15) is 4.39 Å². The zero-order chi connectivity index (χ0) is 13.8. The molecule has 96 valence electrons. The Hall–Kier alpha value is -1.90. The fourth-order valence-electron chi connectivity index (χ4n) is 1.53. The second-order valence-electron chi connectivity index (χ2n) is 3.76. The number of ether oxygens (including phenoxy) is 1. The maximum absolute atomic E-state index is 13.9. The summed E-state index contributed by atoms with van der Waals surface area (Å²) in [7, 11) is 0. The van der Waals surface area contributed by atoms with Gasteiger partial charge in [0.1, 0.15) is 11.8 Å². The van der Waals surface area contributed by atoms with Crippen LogP contribution in [0.4, 0.5) is 4.39 Å². The van der Waals surface area contributed by atoms with Crippen LogP contribution >= 0.6 is 15.9 Å². The average molecular weight is 322 g/mol. The molecule has 19 heavy (non-hydrogen) atoms. The van der Waals surface area contributed by atoms with Crippen LogP contribution in [-0.2, 0) is 6.61 Å². The minimum atomic E-state index is -0.631. The van der Waals surface area contributed by atoms with Gasteiger partial charge in [0.2, 0.25) is 0 Å². The van der Waals surface area contributed by atoms with Crippen molar-refractivity contribution in [3.63, 3.8) is 0 Å². The van der Waals surface area contributed by atoms with Crippen molar-refractivity contribution in [1.82, 2.24) is 0 Å². The number of benzene rings is 2. The van der Waals surface area contributed by atoms with Crippen LogP contribution in [0.15, 0.2) is 40.9 Å². The highest BCUT2D eigenvalue weighted by Gasteiger charge is 2.12. The van der Waals surface area contributed by atoms with Crippen LogP contribution in [0.3, 0.4) is 0 Å². The van der Waals surface area contributed by atoms with Gasteiger partial charge in [0.15, 0.2) is 11.6 Å². The molecule has 2 aromatic carbocycles. The number of hydrogen-bond donors (Lipinski definition) is 1. The predicted octanol–water partition coefficient (Wildman–Crippen LogP) is 3.74. The molecule has 0 saturated heterocycles. The predicted molar refractivity (Wildman–Crippen MR) is 71.3 cm³/mol. The molecule has 3 nitrogen and oxygen atoms in total. The Labute approximate surface area is 118 Å². The Bertz CT molecular complexity index is 652. The summed E-state index contributed by atoms with van der Waals surface area (Å²) >= 11 is 3.02. The van der Waals surface area contributed by atoms with Gasteiger partial charge in [-0.1, -0.05) is 12.1 Å². The lowest BCUT2D eigenvalue weighted by Crippen LogP contribution is -1.92. The minimum absolute atomic E-state index is 0.0148. The van der Waals surface area contributed by atoms with E-state index in [1.54, 1.807) is 24.3 Å². The van der Waals surface area contributed by atoms with Crippen molar-refractivity contribution in [1.29, 1.82) is 5.26 Å². The van der Waals surface area contributed by atoms with E-state index < -0.39 is 5.82 Å². The first kappa shape index (κ1) is 13.5. The highest BCUT2D eigenvalue weighted by Crippen LogP contribution is 2.31. The van der Waals surface area contributed by atoms with E-state index >= 15 is 0 Å². The van der Waals surface area contributed by atoms with Crippen molar-refractivity contribution in [2.45, 2.75) is 6.61 Å². The van der Waals surface area contributed by atoms with Crippen molar-refractivity contribution in [2.24, 2.45) is 0 Å². The first-order chi connectivity index (χ1) is 9.15. The quantitative estimate of drug-likeness (QED) is 0.936. The summed E-state index contributed by atoms with van der Waals surface area (Å²) < 4.78 is 19.4. The molecule has 0 unspecified atom stereocenters. The van der Waals surface area contributed by atoms with Crippen LogP contribution in [0.2, 0.25) is 0 Å². The van der Waals surface area contributed by atoms with E-state index in [-0.39, 0.29) is 22.4 Å². The Morgan fingerprint density at radius 1 is 1.32 bits per heavy atom. The van der Waals surface area contributed by atoms with Crippen molar-refractivity contribution in [3.05, 3.63) is 57.8 Å². The molecule has 0 bridgehead atoms. The van der Waals surface area contributed by atoms with Crippen LogP contribution in [0.5, 0.6) is 11.5 Å². The highest BCUT2D eigenvalue weighted by molar-refractivity contribution is 9.10. The largest absolute Gasteiger partial charge is 0.454 e. The molecule has 0 fully saturated rings. The number of halogens is 2. The molecule has 0 aliphatic heterocycles. The molecule has 0 aromatic heterocycles. The number of rotatable bonds is 3. The van der Waals surface area contributed by atoms with Gasteiger partial charge in [0, 0.05) is 0 Å². The number of nitrogens with zero attached hydrogens (tertiary/aromatic N) is 1. The lowest BCUT2D eigenvalue weighted by atomic mass is 10.2. The van der Waals surface area contributed by atoms with Gasteiger partial charge in [0.25, 0.3) is 0 Å². The number of aliphatic hydroxyl groups is 1. The van der Waals surface area contributed by atoms with Crippen molar-refractivity contribution in [3.8, 4) is 17.6 Å². The topological polar surface area (TPSA) is 53.2 Å². The molecule has 0 spiro atoms. The van der Waals surface area contributed by atoms with Crippen LogP contribution in [0, 0.1) is 17.1 Å². The normalized spacial score (nSPS) is 10.0. The van der Waals surface area contributed by atoms with Crippen LogP contribution in [-0.4, -0.2) is 5.11 Å². The fraction of sp³-hybridized carbons (Fsp3) is 0.0714. The Kier molecular flexibility index (Phi) is 4.15. The molecule has 5 heteroatoms. The average Bonchev–Trinajstić information content (AvgIpc) is 2.44. The van der Waals surface area contributed by atoms with Gasteiger partial charge in [-0.2, -0.15) is 5.26 Å². The van der Waals surface area contributed by atoms with Gasteiger partial charge in [0.05, 0.1) is 16.6 Å². The third-order valence-corrected chi connectivity index (χ3v) is 3.25. The monoisotopic (exact) mass is 321 g/mol. The van der Waals surface area contributed by atoms with E-state index in [1.807, 2.05) is 6.07 Å². The molecule has 0 heterocycles. The molecule has 2 aromatic rings. The van der Waals surface area contributed by atoms with Crippen LogP contribution in [0.1, 0.15) is 11.1 Å². The summed E-state index contributed by atoms with van der Waals surface area (Å²) in [5.41, 5.74) is 0.875. The van der Waals surface area contributed by atoms with E-state index in [2.05, 4.69) is 15.9 Å². The third-order valence-electron chi connectivity index (χ3n) is 2.48. The molecule has 0 aliphatic rings. The van der Waals surface area contributed by atoms with Gasteiger partial charge in [-0.25, -0.2) is 4.39 Å².